The molecule has 5 nitrogen and oxygen atoms in total. The molecule has 2 aliphatic rings. The first-order chi connectivity index (χ1) is 10.3. The number of amides is 1. The lowest BCUT2D eigenvalue weighted by Crippen LogP contribution is -2.50. The minimum Gasteiger partial charge on any atom is -0.396 e. The van der Waals surface area contributed by atoms with Crippen molar-refractivity contribution in [3.8, 4) is 0 Å². The maximum Gasteiger partial charge on any atom is 0.236 e. The van der Waals surface area contributed by atoms with Gasteiger partial charge in [-0.1, -0.05) is 12.8 Å². The van der Waals surface area contributed by atoms with Crippen LogP contribution in [-0.4, -0.2) is 84.7 Å². The molecule has 2 aliphatic heterocycles. The van der Waals surface area contributed by atoms with E-state index in [0.29, 0.717) is 19.1 Å². The summed E-state index contributed by atoms with van der Waals surface area (Å²) in [4.78, 5) is 19.2. The Kier molecular flexibility index (Phi) is 7.47. The van der Waals surface area contributed by atoms with E-state index in [0.717, 1.165) is 58.7 Å². The molecule has 1 N–H and O–H groups in total. The minimum absolute atomic E-state index is 0.296. The van der Waals surface area contributed by atoms with E-state index >= 15 is 0 Å². The van der Waals surface area contributed by atoms with Crippen molar-refractivity contribution >= 4 is 5.91 Å². The molecule has 2 saturated heterocycles. The quantitative estimate of drug-likeness (QED) is 0.736. The molecule has 0 aromatic heterocycles. The van der Waals surface area contributed by atoms with Crippen LogP contribution in [0.1, 0.15) is 38.5 Å². The number of likely N-dealkylation sites (tertiary alicyclic amines) is 1. The molecule has 1 amide bonds. The summed E-state index contributed by atoms with van der Waals surface area (Å²) in [6.07, 6.45) is 6.86. The number of aliphatic hydroxyl groups is 1. The predicted molar refractivity (Wildman–Crippen MR) is 84.2 cm³/mol. The van der Waals surface area contributed by atoms with Gasteiger partial charge in [-0.3, -0.25) is 9.69 Å². The van der Waals surface area contributed by atoms with E-state index < -0.39 is 0 Å². The van der Waals surface area contributed by atoms with Crippen molar-refractivity contribution in [1.29, 1.82) is 0 Å². The summed E-state index contributed by atoms with van der Waals surface area (Å²) in [6.45, 7) is 8.00. The van der Waals surface area contributed by atoms with Crippen LogP contribution in [0.5, 0.6) is 0 Å². The average molecular weight is 297 g/mol. The van der Waals surface area contributed by atoms with Gasteiger partial charge in [0.25, 0.3) is 0 Å². The Labute approximate surface area is 128 Å². The van der Waals surface area contributed by atoms with E-state index in [-0.39, 0.29) is 0 Å². The van der Waals surface area contributed by atoms with Gasteiger partial charge in [-0.05, 0) is 32.2 Å². The van der Waals surface area contributed by atoms with Crippen molar-refractivity contribution in [3.63, 3.8) is 0 Å². The molecule has 21 heavy (non-hydrogen) atoms. The predicted octanol–water partition coefficient (Wildman–Crippen LogP) is 0.779. The van der Waals surface area contributed by atoms with Gasteiger partial charge in [0.15, 0.2) is 0 Å². The number of hydrogen-bond acceptors (Lipinski definition) is 4. The van der Waals surface area contributed by atoms with Gasteiger partial charge >= 0.3 is 0 Å². The summed E-state index contributed by atoms with van der Waals surface area (Å²) in [6, 6.07) is 0. The summed E-state index contributed by atoms with van der Waals surface area (Å²) < 4.78 is 0. The van der Waals surface area contributed by atoms with Crippen LogP contribution < -0.4 is 0 Å². The topological polar surface area (TPSA) is 47.0 Å². The highest BCUT2D eigenvalue weighted by atomic mass is 16.2. The number of nitrogens with zero attached hydrogens (tertiary/aromatic N) is 3. The fourth-order valence-electron chi connectivity index (χ4n) is 3.23. The smallest absolute Gasteiger partial charge is 0.236 e. The van der Waals surface area contributed by atoms with Crippen molar-refractivity contribution < 1.29 is 9.90 Å². The molecular weight excluding hydrogens is 266 g/mol. The standard InChI is InChI=1S/C16H31N3O2/c20-14-6-5-7-17-10-12-18(13-11-17)15-16(21)19-8-3-1-2-4-9-19/h20H,1-15H2. The van der Waals surface area contributed by atoms with E-state index in [4.69, 9.17) is 5.11 Å². The molecule has 2 heterocycles. The number of carbonyl (C=O) groups is 1. The molecule has 0 aliphatic carbocycles. The molecule has 122 valence electrons. The van der Waals surface area contributed by atoms with Gasteiger partial charge in [0, 0.05) is 45.9 Å². The van der Waals surface area contributed by atoms with Gasteiger partial charge in [0.1, 0.15) is 0 Å². The van der Waals surface area contributed by atoms with Crippen molar-refractivity contribution in [1.82, 2.24) is 14.7 Å². The van der Waals surface area contributed by atoms with Gasteiger partial charge < -0.3 is 14.9 Å². The van der Waals surface area contributed by atoms with Crippen molar-refractivity contribution in [2.45, 2.75) is 38.5 Å². The van der Waals surface area contributed by atoms with Crippen LogP contribution in [0.15, 0.2) is 0 Å². The molecule has 5 heteroatoms. The van der Waals surface area contributed by atoms with Crippen molar-refractivity contribution in [3.05, 3.63) is 0 Å². The zero-order chi connectivity index (χ0) is 14.9. The second kappa shape index (κ2) is 9.38. The first-order valence-corrected chi connectivity index (χ1v) is 8.63. The lowest BCUT2D eigenvalue weighted by atomic mass is 10.2. The highest BCUT2D eigenvalue weighted by molar-refractivity contribution is 5.78. The number of aliphatic hydroxyl groups excluding tert-OH is 1. The Morgan fingerprint density at radius 3 is 2.05 bits per heavy atom. The Balaban J connectivity index is 1.64. The Bertz CT molecular complexity index is 296. The van der Waals surface area contributed by atoms with Crippen LogP contribution in [0.4, 0.5) is 0 Å². The molecule has 2 fully saturated rings. The third-order valence-corrected chi connectivity index (χ3v) is 4.67. The largest absolute Gasteiger partial charge is 0.396 e. The van der Waals surface area contributed by atoms with Crippen LogP contribution in [0.3, 0.4) is 0 Å². The van der Waals surface area contributed by atoms with Gasteiger partial charge in [-0.25, -0.2) is 0 Å². The van der Waals surface area contributed by atoms with E-state index in [1.54, 1.807) is 0 Å². The molecular formula is C16H31N3O2. The fourth-order valence-corrected chi connectivity index (χ4v) is 3.23. The molecule has 0 spiro atoms. The van der Waals surface area contributed by atoms with Crippen LogP contribution in [0.2, 0.25) is 0 Å². The van der Waals surface area contributed by atoms with Gasteiger partial charge in [0.2, 0.25) is 5.91 Å². The van der Waals surface area contributed by atoms with Gasteiger partial charge in [-0.15, -0.1) is 0 Å². The summed E-state index contributed by atoms with van der Waals surface area (Å²) in [5.74, 6) is 0.325. The Hall–Kier alpha value is -0.650. The first kappa shape index (κ1) is 16.7. The van der Waals surface area contributed by atoms with Crippen molar-refractivity contribution in [2.24, 2.45) is 0 Å². The molecule has 0 aromatic carbocycles. The zero-order valence-corrected chi connectivity index (χ0v) is 13.3. The molecule has 0 radical (unpaired) electrons. The van der Waals surface area contributed by atoms with Crippen LogP contribution in [-0.2, 0) is 4.79 Å². The number of rotatable bonds is 6. The SMILES string of the molecule is O=C(CN1CCN(CCCCO)CC1)N1CCCCCC1. The second-order valence-electron chi connectivity index (χ2n) is 6.34. The van der Waals surface area contributed by atoms with Crippen LogP contribution in [0, 0.1) is 0 Å². The lowest BCUT2D eigenvalue weighted by Gasteiger charge is -2.35. The van der Waals surface area contributed by atoms with E-state index in [2.05, 4.69) is 14.7 Å². The minimum atomic E-state index is 0.296. The number of carbonyl (C=O) groups excluding carboxylic acids is 1. The number of hydrogen-bond donors (Lipinski definition) is 1. The van der Waals surface area contributed by atoms with Crippen molar-refractivity contribution in [2.75, 3.05) is 59.0 Å². The van der Waals surface area contributed by atoms with E-state index in [1.165, 1.54) is 25.7 Å². The summed E-state index contributed by atoms with van der Waals surface area (Å²) in [7, 11) is 0. The summed E-state index contributed by atoms with van der Waals surface area (Å²) in [5.41, 5.74) is 0. The average Bonchev–Trinajstić information content (AvgIpc) is 2.78. The Morgan fingerprint density at radius 2 is 1.43 bits per heavy atom. The monoisotopic (exact) mass is 297 g/mol. The van der Waals surface area contributed by atoms with E-state index in [1.807, 2.05) is 0 Å². The first-order valence-electron chi connectivity index (χ1n) is 8.63. The van der Waals surface area contributed by atoms with Gasteiger partial charge in [0.05, 0.1) is 6.54 Å². The molecule has 2 rings (SSSR count). The molecule has 0 unspecified atom stereocenters. The molecule has 0 aromatic rings. The number of unbranched alkanes of at least 4 members (excludes halogenated alkanes) is 1. The summed E-state index contributed by atoms with van der Waals surface area (Å²) in [5, 5.41) is 8.81. The second-order valence-corrected chi connectivity index (χ2v) is 6.34. The third-order valence-electron chi connectivity index (χ3n) is 4.67. The fraction of sp³-hybridized carbons (Fsp3) is 0.938. The summed E-state index contributed by atoms with van der Waals surface area (Å²) >= 11 is 0. The van der Waals surface area contributed by atoms with E-state index in [9.17, 15) is 4.79 Å². The molecule has 0 atom stereocenters. The van der Waals surface area contributed by atoms with Crippen LogP contribution >= 0.6 is 0 Å². The highest BCUT2D eigenvalue weighted by Crippen LogP contribution is 2.11. The normalized spacial score (nSPS) is 22.2. The molecule has 0 bridgehead atoms. The van der Waals surface area contributed by atoms with Gasteiger partial charge in [-0.2, -0.15) is 0 Å². The third kappa shape index (κ3) is 5.93. The molecule has 0 saturated carbocycles. The maximum absolute atomic E-state index is 12.4. The Morgan fingerprint density at radius 1 is 0.810 bits per heavy atom. The van der Waals surface area contributed by atoms with Crippen LogP contribution in [0.25, 0.3) is 0 Å². The lowest BCUT2D eigenvalue weighted by molar-refractivity contribution is -0.132. The number of piperazine rings is 1. The highest BCUT2D eigenvalue weighted by Gasteiger charge is 2.21. The zero-order valence-electron chi connectivity index (χ0n) is 13.3. The maximum atomic E-state index is 12.4.